The van der Waals surface area contributed by atoms with Crippen molar-refractivity contribution >= 4 is 17.9 Å². The van der Waals surface area contributed by atoms with E-state index < -0.39 is 28.6 Å². The average Bonchev–Trinajstić information content (AvgIpc) is 2.71. The van der Waals surface area contributed by atoms with Crippen LogP contribution >= 0.6 is 0 Å². The molecule has 9 heteroatoms. The Labute approximate surface area is 179 Å². The van der Waals surface area contributed by atoms with E-state index in [-0.39, 0.29) is 24.5 Å². The molecular formula is C22H23N3O6. The van der Waals surface area contributed by atoms with Crippen LogP contribution in [-0.2, 0) is 20.9 Å². The molecule has 0 aliphatic carbocycles. The van der Waals surface area contributed by atoms with Crippen molar-refractivity contribution < 1.29 is 24.0 Å². The second kappa shape index (κ2) is 10.7. The quantitative estimate of drug-likeness (QED) is 0.326. The van der Waals surface area contributed by atoms with Crippen LogP contribution in [0, 0.1) is 22.0 Å². The number of hydrogen-bond acceptors (Lipinski definition) is 7. The molecule has 2 rings (SSSR count). The Morgan fingerprint density at radius 3 is 2.52 bits per heavy atom. The smallest absolute Gasteiger partial charge is 0.408 e. The van der Waals surface area contributed by atoms with Gasteiger partial charge in [-0.05, 0) is 54.3 Å². The molecule has 162 valence electrons. The monoisotopic (exact) mass is 425 g/mol. The van der Waals surface area contributed by atoms with Gasteiger partial charge in [-0.2, -0.15) is 0 Å². The van der Waals surface area contributed by atoms with Crippen molar-refractivity contribution in [2.75, 3.05) is 0 Å². The summed E-state index contributed by atoms with van der Waals surface area (Å²) in [5, 5.41) is 13.3. The molecule has 1 aromatic carbocycles. The highest BCUT2D eigenvalue weighted by atomic mass is 16.6. The van der Waals surface area contributed by atoms with Crippen LogP contribution in [0.15, 0.2) is 48.5 Å². The summed E-state index contributed by atoms with van der Waals surface area (Å²) in [6.07, 6.45) is -0.888. The molecule has 0 spiro atoms. The maximum atomic E-state index is 12.5. The van der Waals surface area contributed by atoms with Crippen LogP contribution in [0.5, 0.6) is 0 Å². The van der Waals surface area contributed by atoms with E-state index in [4.69, 9.17) is 9.47 Å². The zero-order valence-corrected chi connectivity index (χ0v) is 17.5. The highest BCUT2D eigenvalue weighted by Gasteiger charge is 2.25. The molecule has 1 unspecified atom stereocenters. The number of hydrogen-bond donors (Lipinski definition) is 1. The normalized spacial score (nSPS) is 11.5. The molecule has 1 aromatic heterocycles. The molecule has 0 aliphatic rings. The van der Waals surface area contributed by atoms with Crippen molar-refractivity contribution in [3.63, 3.8) is 0 Å². The van der Waals surface area contributed by atoms with Crippen LogP contribution in [0.4, 0.5) is 10.6 Å². The second-order valence-electron chi connectivity index (χ2n) is 7.44. The maximum Gasteiger partial charge on any atom is 0.408 e. The van der Waals surface area contributed by atoms with Gasteiger partial charge in [0.2, 0.25) is 5.69 Å². The Morgan fingerprint density at radius 1 is 1.16 bits per heavy atom. The van der Waals surface area contributed by atoms with E-state index in [1.165, 1.54) is 18.2 Å². The Kier molecular flexibility index (Phi) is 8.09. The first kappa shape index (κ1) is 23.3. The summed E-state index contributed by atoms with van der Waals surface area (Å²) in [6, 6.07) is 12.2. The lowest BCUT2D eigenvalue weighted by Gasteiger charge is -2.22. The first-order valence-electron chi connectivity index (χ1n) is 9.44. The average molecular weight is 425 g/mol. The largest absolute Gasteiger partial charge is 0.459 e. The van der Waals surface area contributed by atoms with Gasteiger partial charge in [0.05, 0.1) is 0 Å². The van der Waals surface area contributed by atoms with Crippen molar-refractivity contribution in [2.24, 2.45) is 0 Å². The van der Waals surface area contributed by atoms with E-state index >= 15 is 0 Å². The molecule has 31 heavy (non-hydrogen) atoms. The fourth-order valence-electron chi connectivity index (χ4n) is 2.31. The number of aromatic nitrogens is 1. The van der Waals surface area contributed by atoms with E-state index in [9.17, 15) is 19.7 Å². The Hall–Kier alpha value is -3.93. The first-order chi connectivity index (χ1) is 14.6. The van der Waals surface area contributed by atoms with E-state index in [0.29, 0.717) is 0 Å². The molecule has 0 saturated carbocycles. The number of carbonyl (C=O) groups excluding carboxylic acids is 2. The number of ether oxygens (including phenoxy) is 2. The topological polar surface area (TPSA) is 121 Å². The van der Waals surface area contributed by atoms with Gasteiger partial charge in [0.25, 0.3) is 0 Å². The predicted octanol–water partition coefficient (Wildman–Crippen LogP) is 3.37. The molecule has 0 radical (unpaired) electrons. The molecule has 9 nitrogen and oxygen atoms in total. The third kappa shape index (κ3) is 8.53. The van der Waals surface area contributed by atoms with Crippen LogP contribution < -0.4 is 5.32 Å². The number of rotatable bonds is 6. The second-order valence-corrected chi connectivity index (χ2v) is 7.44. The number of carbonyl (C=O) groups is 2. The minimum Gasteiger partial charge on any atom is -0.459 e. The molecule has 2 aromatic rings. The summed E-state index contributed by atoms with van der Waals surface area (Å²) in [7, 11) is 0. The van der Waals surface area contributed by atoms with Gasteiger partial charge in [0.15, 0.2) is 0 Å². The van der Waals surface area contributed by atoms with Crippen molar-refractivity contribution in [3.05, 3.63) is 69.9 Å². The number of nitro groups is 1. The van der Waals surface area contributed by atoms with Crippen molar-refractivity contribution in [3.8, 4) is 11.8 Å². The van der Waals surface area contributed by atoms with Gasteiger partial charge in [-0.15, -0.1) is 0 Å². The van der Waals surface area contributed by atoms with Gasteiger partial charge < -0.3 is 24.9 Å². The third-order valence-electron chi connectivity index (χ3n) is 3.64. The summed E-state index contributed by atoms with van der Waals surface area (Å²) in [6.45, 7) is 5.13. The zero-order chi connectivity index (χ0) is 22.9. The Bertz CT molecular complexity index is 990. The third-order valence-corrected chi connectivity index (χ3v) is 3.64. The first-order valence-corrected chi connectivity index (χ1v) is 9.44. The predicted molar refractivity (Wildman–Crippen MR) is 112 cm³/mol. The number of alkyl carbamates (subject to hydrolysis) is 1. The van der Waals surface area contributed by atoms with Crippen LogP contribution in [0.3, 0.4) is 0 Å². The van der Waals surface area contributed by atoms with Gasteiger partial charge in [-0.25, -0.2) is 9.59 Å². The Morgan fingerprint density at radius 2 is 1.87 bits per heavy atom. The summed E-state index contributed by atoms with van der Waals surface area (Å²) in [4.78, 5) is 38.7. The highest BCUT2D eigenvalue weighted by Crippen LogP contribution is 2.09. The molecule has 1 N–H and O–H groups in total. The van der Waals surface area contributed by atoms with Gasteiger partial charge in [0.1, 0.15) is 18.2 Å². The number of nitrogens with one attached hydrogen (secondary N) is 1. The summed E-state index contributed by atoms with van der Waals surface area (Å²) in [5.74, 6) is 4.34. The lowest BCUT2D eigenvalue weighted by Crippen LogP contribution is -2.44. The lowest BCUT2D eigenvalue weighted by atomic mass is 10.2. The van der Waals surface area contributed by atoms with Gasteiger partial charge in [-0.1, -0.05) is 36.3 Å². The summed E-state index contributed by atoms with van der Waals surface area (Å²) in [5.41, 5.74) is 0.211. The number of nitrogens with zero attached hydrogens (tertiary/aromatic N) is 2. The van der Waals surface area contributed by atoms with E-state index in [0.717, 1.165) is 5.56 Å². The standard InChI is InChI=1S/C22H23N3O6/c1-22(2,3)31-21(27)24-18(20(26)30-15-16-9-5-4-6-10-16)13-7-11-17-12-8-14-19(23-17)25(28)29/h4-6,8-10,12,14,18H,13,15H2,1-3H3,(H,24,27). The molecule has 0 saturated heterocycles. The Balaban J connectivity index is 2.09. The van der Waals surface area contributed by atoms with Gasteiger partial charge >= 0.3 is 17.9 Å². The molecule has 0 fully saturated rings. The molecule has 1 atom stereocenters. The lowest BCUT2D eigenvalue weighted by molar-refractivity contribution is -0.389. The number of amides is 1. The number of benzene rings is 1. The fraction of sp³-hybridized carbons (Fsp3) is 0.318. The number of pyridine rings is 1. The summed E-state index contributed by atoms with van der Waals surface area (Å²) < 4.78 is 10.5. The van der Waals surface area contributed by atoms with Gasteiger partial charge in [-0.3, -0.25) is 0 Å². The minimum atomic E-state index is -1.09. The van der Waals surface area contributed by atoms with Crippen molar-refractivity contribution in [1.29, 1.82) is 0 Å². The van der Waals surface area contributed by atoms with E-state index in [1.807, 2.05) is 18.2 Å². The van der Waals surface area contributed by atoms with Crippen LogP contribution in [0.25, 0.3) is 0 Å². The van der Waals surface area contributed by atoms with Crippen LogP contribution in [-0.4, -0.2) is 33.6 Å². The minimum absolute atomic E-state index is 0.0338. The van der Waals surface area contributed by atoms with Crippen molar-refractivity contribution in [1.82, 2.24) is 10.3 Å². The van der Waals surface area contributed by atoms with Gasteiger partial charge in [0, 0.05) is 12.5 Å². The zero-order valence-electron chi connectivity index (χ0n) is 17.5. The van der Waals surface area contributed by atoms with E-state index in [1.54, 1.807) is 32.9 Å². The summed E-state index contributed by atoms with van der Waals surface area (Å²) >= 11 is 0. The van der Waals surface area contributed by atoms with Crippen LogP contribution in [0.1, 0.15) is 38.4 Å². The number of esters is 1. The fourth-order valence-corrected chi connectivity index (χ4v) is 2.31. The van der Waals surface area contributed by atoms with Crippen molar-refractivity contribution in [2.45, 2.75) is 45.4 Å². The SMILES string of the molecule is CC(C)(C)OC(=O)NC(CC#Cc1cccc([N+](=O)[O-])n1)C(=O)OCc1ccccc1. The molecule has 0 bridgehead atoms. The highest BCUT2D eigenvalue weighted by molar-refractivity contribution is 5.81. The maximum absolute atomic E-state index is 12.5. The van der Waals surface area contributed by atoms with Crippen LogP contribution in [0.2, 0.25) is 0 Å². The molecule has 1 heterocycles. The molecule has 0 aliphatic heterocycles. The molecule has 1 amide bonds. The van der Waals surface area contributed by atoms with E-state index in [2.05, 4.69) is 22.1 Å². The molecular weight excluding hydrogens is 402 g/mol.